The first-order chi connectivity index (χ1) is 9.26. The van der Waals surface area contributed by atoms with E-state index >= 15 is 0 Å². The molecule has 0 unspecified atom stereocenters. The number of benzene rings is 1. The van der Waals surface area contributed by atoms with Crippen molar-refractivity contribution in [1.29, 1.82) is 0 Å². The molecule has 2 N–H and O–H groups in total. The zero-order chi connectivity index (χ0) is 13.4. The van der Waals surface area contributed by atoms with Gasteiger partial charge in [0.05, 0.1) is 12.7 Å². The monoisotopic (exact) mass is 258 g/mol. The highest BCUT2D eigenvalue weighted by Crippen LogP contribution is 2.33. The van der Waals surface area contributed by atoms with E-state index in [1.54, 1.807) is 0 Å². The van der Waals surface area contributed by atoms with Crippen LogP contribution < -0.4 is 5.73 Å². The van der Waals surface area contributed by atoms with Crippen LogP contribution in [0.5, 0.6) is 0 Å². The first kappa shape index (κ1) is 12.2. The molecule has 0 fully saturated rings. The van der Waals surface area contributed by atoms with E-state index in [1.807, 2.05) is 18.2 Å². The molecule has 0 aliphatic heterocycles. The van der Waals surface area contributed by atoms with Crippen LogP contribution in [0, 0.1) is 0 Å². The summed E-state index contributed by atoms with van der Waals surface area (Å²) in [4.78, 5) is 11.6. The van der Waals surface area contributed by atoms with E-state index in [9.17, 15) is 4.79 Å². The molecule has 1 aromatic heterocycles. The van der Waals surface area contributed by atoms with Crippen LogP contribution in [0.4, 0.5) is 0 Å². The largest absolute Gasteiger partial charge is 0.465 e. The van der Waals surface area contributed by atoms with Gasteiger partial charge in [-0.2, -0.15) is 0 Å². The highest BCUT2D eigenvalue weighted by atomic mass is 16.5. The summed E-state index contributed by atoms with van der Waals surface area (Å²) in [6.07, 6.45) is 3.39. The maximum Gasteiger partial charge on any atom is 0.337 e. The molecule has 19 heavy (non-hydrogen) atoms. The van der Waals surface area contributed by atoms with Gasteiger partial charge in [-0.15, -0.1) is 0 Å². The van der Waals surface area contributed by atoms with Crippen LogP contribution in [0.2, 0.25) is 0 Å². The highest BCUT2D eigenvalue weighted by Gasteiger charge is 2.22. The number of fused-ring (bicyclic) bond motifs is 3. The lowest BCUT2D eigenvalue weighted by Gasteiger charge is -2.07. The van der Waals surface area contributed by atoms with Crippen LogP contribution in [-0.4, -0.2) is 24.2 Å². The molecule has 0 amide bonds. The molecule has 4 heteroatoms. The number of nitrogens with two attached hydrogens (primary N) is 1. The van der Waals surface area contributed by atoms with Gasteiger partial charge in [0.2, 0.25) is 0 Å². The average molecular weight is 258 g/mol. The minimum atomic E-state index is -0.278. The van der Waals surface area contributed by atoms with Crippen LogP contribution in [0.15, 0.2) is 18.2 Å². The summed E-state index contributed by atoms with van der Waals surface area (Å²) in [5.41, 5.74) is 10.3. The minimum Gasteiger partial charge on any atom is -0.465 e. The predicted molar refractivity (Wildman–Crippen MR) is 74.4 cm³/mol. The van der Waals surface area contributed by atoms with Crippen molar-refractivity contribution < 1.29 is 9.53 Å². The van der Waals surface area contributed by atoms with Gasteiger partial charge in [-0.05, 0) is 43.0 Å². The Morgan fingerprint density at radius 2 is 2.26 bits per heavy atom. The van der Waals surface area contributed by atoms with E-state index < -0.39 is 0 Å². The molecule has 0 saturated carbocycles. The van der Waals surface area contributed by atoms with E-state index in [0.717, 1.165) is 19.4 Å². The van der Waals surface area contributed by atoms with Crippen molar-refractivity contribution in [2.24, 2.45) is 5.73 Å². The minimum absolute atomic E-state index is 0.278. The Bertz CT molecular complexity index is 643. The number of carbonyl (C=O) groups is 1. The second-order valence-electron chi connectivity index (χ2n) is 4.94. The fraction of sp³-hybridized carbons (Fsp3) is 0.400. The lowest BCUT2D eigenvalue weighted by molar-refractivity contribution is 0.0601. The van der Waals surface area contributed by atoms with Crippen molar-refractivity contribution in [3.05, 3.63) is 35.0 Å². The molecule has 1 aromatic carbocycles. The average Bonchev–Trinajstić information content (AvgIpc) is 3.01. The number of rotatable bonds is 3. The van der Waals surface area contributed by atoms with Gasteiger partial charge >= 0.3 is 5.97 Å². The fourth-order valence-electron chi connectivity index (χ4n) is 3.10. The number of ether oxygens (including phenoxy) is 1. The van der Waals surface area contributed by atoms with Crippen LogP contribution in [0.1, 0.15) is 28.0 Å². The van der Waals surface area contributed by atoms with Crippen molar-refractivity contribution in [2.75, 3.05) is 13.7 Å². The SMILES string of the molecule is COC(=O)c1ccc2c(c1)c1c(n2CCN)CCC1. The summed E-state index contributed by atoms with van der Waals surface area (Å²) in [6.45, 7) is 1.47. The number of hydrogen-bond donors (Lipinski definition) is 1. The third-order valence-corrected chi connectivity index (χ3v) is 3.90. The molecule has 2 aromatic rings. The van der Waals surface area contributed by atoms with Crippen LogP contribution in [0.3, 0.4) is 0 Å². The molecule has 1 aliphatic carbocycles. The van der Waals surface area contributed by atoms with Gasteiger partial charge in [0.1, 0.15) is 0 Å². The molecule has 4 nitrogen and oxygen atoms in total. The van der Waals surface area contributed by atoms with Gasteiger partial charge in [0.25, 0.3) is 0 Å². The second kappa shape index (κ2) is 4.70. The molecule has 3 rings (SSSR count). The summed E-state index contributed by atoms with van der Waals surface area (Å²) in [5, 5.41) is 1.18. The Morgan fingerprint density at radius 1 is 1.42 bits per heavy atom. The predicted octanol–water partition coefficient (Wildman–Crippen LogP) is 1.88. The Balaban J connectivity index is 2.20. The van der Waals surface area contributed by atoms with Crippen LogP contribution >= 0.6 is 0 Å². The molecule has 0 atom stereocenters. The fourth-order valence-corrected chi connectivity index (χ4v) is 3.10. The molecule has 0 bridgehead atoms. The van der Waals surface area contributed by atoms with Gasteiger partial charge in [-0.3, -0.25) is 0 Å². The molecule has 0 radical (unpaired) electrons. The molecule has 0 saturated heterocycles. The molecule has 0 spiro atoms. The smallest absolute Gasteiger partial charge is 0.337 e. The number of esters is 1. The maximum atomic E-state index is 11.6. The van der Waals surface area contributed by atoms with Crippen molar-refractivity contribution in [2.45, 2.75) is 25.8 Å². The van der Waals surface area contributed by atoms with Gasteiger partial charge in [0.15, 0.2) is 0 Å². The first-order valence-corrected chi connectivity index (χ1v) is 6.68. The van der Waals surface area contributed by atoms with Crippen molar-refractivity contribution in [3.63, 3.8) is 0 Å². The summed E-state index contributed by atoms with van der Waals surface area (Å²) >= 11 is 0. The molecular weight excluding hydrogens is 240 g/mol. The Hall–Kier alpha value is -1.81. The molecule has 1 heterocycles. The van der Waals surface area contributed by atoms with Gasteiger partial charge < -0.3 is 15.0 Å². The lowest BCUT2D eigenvalue weighted by atomic mass is 10.1. The number of nitrogens with zero attached hydrogens (tertiary/aromatic N) is 1. The number of hydrogen-bond acceptors (Lipinski definition) is 3. The molecule has 100 valence electrons. The first-order valence-electron chi connectivity index (χ1n) is 6.68. The number of methoxy groups -OCH3 is 1. The topological polar surface area (TPSA) is 57.2 Å². The van der Waals surface area contributed by atoms with E-state index in [1.165, 1.54) is 35.7 Å². The Labute approximate surface area is 112 Å². The van der Waals surface area contributed by atoms with Gasteiger partial charge in [-0.25, -0.2) is 4.79 Å². The third-order valence-electron chi connectivity index (χ3n) is 3.90. The zero-order valence-corrected chi connectivity index (χ0v) is 11.1. The maximum absolute atomic E-state index is 11.6. The van der Waals surface area contributed by atoms with E-state index in [4.69, 9.17) is 10.5 Å². The van der Waals surface area contributed by atoms with Crippen molar-refractivity contribution in [3.8, 4) is 0 Å². The summed E-state index contributed by atoms with van der Waals surface area (Å²) in [6, 6.07) is 5.80. The second-order valence-corrected chi connectivity index (χ2v) is 4.94. The molecule has 1 aliphatic rings. The standard InChI is InChI=1S/C15H18N2O2/c1-19-15(18)10-5-6-14-12(9-10)11-3-2-4-13(11)17(14)8-7-16/h5-6,9H,2-4,7-8,16H2,1H3. The normalized spacial score (nSPS) is 13.8. The van der Waals surface area contributed by atoms with Gasteiger partial charge in [-0.1, -0.05) is 0 Å². The van der Waals surface area contributed by atoms with Crippen LogP contribution in [0.25, 0.3) is 10.9 Å². The Kier molecular flexibility index (Phi) is 3.03. The summed E-state index contributed by atoms with van der Waals surface area (Å²) in [7, 11) is 1.41. The summed E-state index contributed by atoms with van der Waals surface area (Å²) < 4.78 is 7.10. The molecular formula is C15H18N2O2. The van der Waals surface area contributed by atoms with E-state index in [0.29, 0.717) is 12.1 Å². The van der Waals surface area contributed by atoms with E-state index in [2.05, 4.69) is 4.57 Å². The third kappa shape index (κ3) is 1.83. The summed E-state index contributed by atoms with van der Waals surface area (Å²) in [5.74, 6) is -0.278. The Morgan fingerprint density at radius 3 is 3.00 bits per heavy atom. The van der Waals surface area contributed by atoms with Crippen molar-refractivity contribution >= 4 is 16.9 Å². The number of carbonyl (C=O) groups excluding carboxylic acids is 1. The lowest BCUT2D eigenvalue weighted by Crippen LogP contribution is -2.11. The quantitative estimate of drug-likeness (QED) is 0.855. The zero-order valence-electron chi connectivity index (χ0n) is 11.1. The highest BCUT2D eigenvalue weighted by molar-refractivity contribution is 5.96. The van der Waals surface area contributed by atoms with Crippen LogP contribution in [-0.2, 0) is 24.1 Å². The van der Waals surface area contributed by atoms with E-state index in [-0.39, 0.29) is 5.97 Å². The number of aromatic nitrogens is 1. The van der Waals surface area contributed by atoms with Gasteiger partial charge in [0, 0.05) is 29.7 Å². The van der Waals surface area contributed by atoms with Crippen molar-refractivity contribution in [1.82, 2.24) is 4.57 Å². The number of aryl methyl sites for hydroxylation is 1.